The van der Waals surface area contributed by atoms with Crippen molar-refractivity contribution < 1.29 is 33.3 Å². The van der Waals surface area contributed by atoms with Crippen molar-refractivity contribution in [3.05, 3.63) is 42.6 Å². The van der Waals surface area contributed by atoms with Crippen LogP contribution in [0.3, 0.4) is 0 Å². The lowest BCUT2D eigenvalue weighted by molar-refractivity contribution is -0.149. The van der Waals surface area contributed by atoms with E-state index in [4.69, 9.17) is 18.9 Å². The zero-order valence-electron chi connectivity index (χ0n) is 20.0. The molecule has 4 atom stereocenters. The molecule has 1 amide bonds. The molecule has 1 saturated carbocycles. The van der Waals surface area contributed by atoms with Crippen LogP contribution in [0.2, 0.25) is 0 Å². The van der Waals surface area contributed by atoms with Crippen molar-refractivity contribution in [3.8, 4) is 11.5 Å². The maximum atomic E-state index is 13.0. The van der Waals surface area contributed by atoms with Gasteiger partial charge in [0.1, 0.15) is 23.1 Å². The molecule has 10 heteroatoms. The van der Waals surface area contributed by atoms with Gasteiger partial charge in [0, 0.05) is 36.4 Å². The number of fused-ring (bicyclic) bond motifs is 1. The SMILES string of the molecule is C=CC1CC1(NC(=O)C1CC(Oc2cc(C(=O)OC)nc3cc(OC)ccc23)CN1)C(=O)OCC. The van der Waals surface area contributed by atoms with Gasteiger partial charge in [0.15, 0.2) is 5.69 Å². The zero-order chi connectivity index (χ0) is 25.2. The van der Waals surface area contributed by atoms with Crippen LogP contribution in [0.25, 0.3) is 10.9 Å². The average molecular weight is 484 g/mol. The van der Waals surface area contributed by atoms with E-state index in [0.29, 0.717) is 41.8 Å². The van der Waals surface area contributed by atoms with Crippen molar-refractivity contribution in [1.82, 2.24) is 15.6 Å². The first-order chi connectivity index (χ1) is 16.8. The highest BCUT2D eigenvalue weighted by molar-refractivity contribution is 5.95. The van der Waals surface area contributed by atoms with Crippen molar-refractivity contribution in [2.24, 2.45) is 5.92 Å². The molecule has 4 rings (SSSR count). The van der Waals surface area contributed by atoms with Crippen molar-refractivity contribution in [2.45, 2.75) is 37.5 Å². The standard InChI is InChI=1S/C25H29N3O7/c1-5-14-12-25(14,24(31)34-6-2)28-22(29)19-10-16(13-26-19)35-21-11-20(23(30)33-4)27-18-9-15(32-3)7-8-17(18)21/h5,7-9,11,14,16,19,26H,1,6,10,12-13H2,2-4H3,(H,28,29). The summed E-state index contributed by atoms with van der Waals surface area (Å²) in [6, 6.07) is 6.26. The van der Waals surface area contributed by atoms with Gasteiger partial charge in [0.2, 0.25) is 5.91 Å². The van der Waals surface area contributed by atoms with E-state index in [2.05, 4.69) is 22.2 Å². The number of esters is 2. The van der Waals surface area contributed by atoms with Gasteiger partial charge in [-0.2, -0.15) is 0 Å². The minimum absolute atomic E-state index is 0.101. The number of rotatable bonds is 9. The van der Waals surface area contributed by atoms with Crippen LogP contribution in [0.15, 0.2) is 36.9 Å². The summed E-state index contributed by atoms with van der Waals surface area (Å²) < 4.78 is 21.5. The smallest absolute Gasteiger partial charge is 0.356 e. The van der Waals surface area contributed by atoms with Gasteiger partial charge in [-0.25, -0.2) is 14.6 Å². The van der Waals surface area contributed by atoms with Crippen molar-refractivity contribution in [2.75, 3.05) is 27.4 Å². The molecule has 4 unspecified atom stereocenters. The van der Waals surface area contributed by atoms with Crippen LogP contribution < -0.4 is 20.1 Å². The fourth-order valence-corrected chi connectivity index (χ4v) is 4.35. The third kappa shape index (κ3) is 4.79. The van der Waals surface area contributed by atoms with Gasteiger partial charge in [-0.15, -0.1) is 6.58 Å². The Bertz CT molecular complexity index is 1170. The number of nitrogens with zero attached hydrogens (tertiary/aromatic N) is 1. The first kappa shape index (κ1) is 24.5. The summed E-state index contributed by atoms with van der Waals surface area (Å²) in [6.45, 7) is 6.11. The third-order valence-electron chi connectivity index (χ3n) is 6.36. The maximum Gasteiger partial charge on any atom is 0.356 e. The number of benzene rings is 1. The van der Waals surface area contributed by atoms with E-state index in [1.54, 1.807) is 38.3 Å². The van der Waals surface area contributed by atoms with Gasteiger partial charge in [-0.05, 0) is 25.5 Å². The molecule has 1 aromatic carbocycles. The van der Waals surface area contributed by atoms with E-state index in [9.17, 15) is 14.4 Å². The second kappa shape index (κ2) is 9.91. The minimum Gasteiger partial charge on any atom is -0.497 e. The number of aromatic nitrogens is 1. The van der Waals surface area contributed by atoms with Crippen LogP contribution in [-0.4, -0.2) is 67.9 Å². The highest BCUT2D eigenvalue weighted by Gasteiger charge is 2.61. The molecule has 0 radical (unpaired) electrons. The number of nitrogens with one attached hydrogen (secondary N) is 2. The molecule has 2 N–H and O–H groups in total. The zero-order valence-corrected chi connectivity index (χ0v) is 20.0. The predicted molar refractivity (Wildman–Crippen MR) is 126 cm³/mol. The molecule has 1 aromatic heterocycles. The fraction of sp³-hybridized carbons (Fsp3) is 0.440. The van der Waals surface area contributed by atoms with Gasteiger partial charge in [-0.1, -0.05) is 6.08 Å². The summed E-state index contributed by atoms with van der Waals surface area (Å²) in [7, 11) is 2.83. The van der Waals surface area contributed by atoms with Gasteiger partial charge in [-0.3, -0.25) is 4.79 Å². The number of hydrogen-bond donors (Lipinski definition) is 2. The molecule has 186 valence electrons. The van der Waals surface area contributed by atoms with E-state index in [0.717, 1.165) is 0 Å². The number of amides is 1. The second-order valence-electron chi connectivity index (χ2n) is 8.54. The number of pyridine rings is 1. The number of carbonyl (C=O) groups excluding carboxylic acids is 3. The summed E-state index contributed by atoms with van der Waals surface area (Å²) in [5.41, 5.74) is -0.433. The third-order valence-corrected chi connectivity index (χ3v) is 6.36. The molecular weight excluding hydrogens is 454 g/mol. The minimum atomic E-state index is -1.05. The molecule has 2 heterocycles. The maximum absolute atomic E-state index is 13.0. The molecule has 1 saturated heterocycles. The molecule has 10 nitrogen and oxygen atoms in total. The Morgan fingerprint density at radius 1 is 1.29 bits per heavy atom. The van der Waals surface area contributed by atoms with Crippen molar-refractivity contribution in [3.63, 3.8) is 0 Å². The van der Waals surface area contributed by atoms with Crippen LogP contribution >= 0.6 is 0 Å². The molecular formula is C25H29N3O7. The molecule has 0 spiro atoms. The van der Waals surface area contributed by atoms with Gasteiger partial charge >= 0.3 is 11.9 Å². The lowest BCUT2D eigenvalue weighted by Gasteiger charge is -2.20. The summed E-state index contributed by atoms with van der Waals surface area (Å²) in [6.07, 6.45) is 2.15. The highest BCUT2D eigenvalue weighted by Crippen LogP contribution is 2.45. The molecule has 0 bridgehead atoms. The summed E-state index contributed by atoms with van der Waals surface area (Å²) in [5.74, 6) is -0.456. The molecule has 1 aliphatic carbocycles. The largest absolute Gasteiger partial charge is 0.497 e. The van der Waals surface area contributed by atoms with Crippen LogP contribution in [0.4, 0.5) is 0 Å². The number of ether oxygens (including phenoxy) is 4. The molecule has 2 aromatic rings. The Balaban J connectivity index is 1.49. The van der Waals surface area contributed by atoms with Crippen molar-refractivity contribution >= 4 is 28.7 Å². The average Bonchev–Trinajstić information content (AvgIpc) is 3.38. The Kier molecular flexibility index (Phi) is 6.93. The quantitative estimate of drug-likeness (QED) is 0.405. The Morgan fingerprint density at radius 2 is 2.09 bits per heavy atom. The lowest BCUT2D eigenvalue weighted by Crippen LogP contribution is -2.51. The number of methoxy groups -OCH3 is 2. The molecule has 2 fully saturated rings. The first-order valence-electron chi connectivity index (χ1n) is 11.4. The van der Waals surface area contributed by atoms with Crippen LogP contribution in [0.1, 0.15) is 30.3 Å². The van der Waals surface area contributed by atoms with E-state index >= 15 is 0 Å². The normalized spacial score (nSPS) is 24.9. The van der Waals surface area contributed by atoms with E-state index < -0.39 is 23.5 Å². The summed E-state index contributed by atoms with van der Waals surface area (Å²) >= 11 is 0. The predicted octanol–water partition coefficient (Wildman–Crippen LogP) is 1.76. The monoisotopic (exact) mass is 483 g/mol. The molecule has 35 heavy (non-hydrogen) atoms. The Morgan fingerprint density at radius 3 is 2.74 bits per heavy atom. The second-order valence-corrected chi connectivity index (χ2v) is 8.54. The van der Waals surface area contributed by atoms with E-state index in [1.807, 2.05) is 0 Å². The van der Waals surface area contributed by atoms with Crippen LogP contribution in [0, 0.1) is 5.92 Å². The number of hydrogen-bond acceptors (Lipinski definition) is 9. The number of carbonyl (C=O) groups is 3. The Hall–Kier alpha value is -3.66. The first-order valence-corrected chi connectivity index (χ1v) is 11.4. The van der Waals surface area contributed by atoms with Crippen molar-refractivity contribution in [1.29, 1.82) is 0 Å². The van der Waals surface area contributed by atoms with Gasteiger partial charge < -0.3 is 29.6 Å². The summed E-state index contributed by atoms with van der Waals surface area (Å²) in [4.78, 5) is 41.9. The van der Waals surface area contributed by atoms with Crippen LogP contribution in [0.5, 0.6) is 11.5 Å². The highest BCUT2D eigenvalue weighted by atomic mass is 16.5. The fourth-order valence-electron chi connectivity index (χ4n) is 4.35. The topological polar surface area (TPSA) is 125 Å². The van der Waals surface area contributed by atoms with Gasteiger partial charge in [0.05, 0.1) is 32.4 Å². The molecule has 2 aliphatic rings. The molecule has 1 aliphatic heterocycles. The lowest BCUT2D eigenvalue weighted by atomic mass is 10.1. The van der Waals surface area contributed by atoms with Gasteiger partial charge in [0.25, 0.3) is 0 Å². The van der Waals surface area contributed by atoms with E-state index in [-0.39, 0.29) is 30.2 Å². The van der Waals surface area contributed by atoms with E-state index in [1.165, 1.54) is 13.2 Å². The Labute approximate surface area is 203 Å². The van der Waals surface area contributed by atoms with Crippen LogP contribution in [-0.2, 0) is 19.1 Å². The summed E-state index contributed by atoms with van der Waals surface area (Å²) in [5, 5.41) is 6.71.